The van der Waals surface area contributed by atoms with E-state index in [2.05, 4.69) is 4.98 Å². The van der Waals surface area contributed by atoms with Crippen molar-refractivity contribution >= 4 is 17.6 Å². The van der Waals surface area contributed by atoms with Crippen molar-refractivity contribution < 1.29 is 14.6 Å². The van der Waals surface area contributed by atoms with E-state index in [0.717, 1.165) is 11.4 Å². The number of aryl methyl sites for hydroxylation is 1. The average molecular weight is 278 g/mol. The standard InChI is InChI=1S/C14H12ClNO3/c1-9-4-2-5-10(16-9)8-19-12-7-3-6-11(15)13(12)14(17)18/h2-7H,8H2,1H3,(H,17,18). The molecular formula is C14H12ClNO3. The number of pyridine rings is 1. The quantitative estimate of drug-likeness (QED) is 0.931. The lowest BCUT2D eigenvalue weighted by atomic mass is 10.2. The highest BCUT2D eigenvalue weighted by Crippen LogP contribution is 2.26. The van der Waals surface area contributed by atoms with Gasteiger partial charge in [-0.15, -0.1) is 0 Å². The molecule has 0 saturated carbocycles. The number of rotatable bonds is 4. The first kappa shape index (κ1) is 13.4. The van der Waals surface area contributed by atoms with Crippen LogP contribution >= 0.6 is 11.6 Å². The zero-order chi connectivity index (χ0) is 13.8. The van der Waals surface area contributed by atoms with Crippen LogP contribution in [0.4, 0.5) is 0 Å². The summed E-state index contributed by atoms with van der Waals surface area (Å²) < 4.78 is 5.49. The van der Waals surface area contributed by atoms with E-state index >= 15 is 0 Å². The number of aromatic carboxylic acids is 1. The third kappa shape index (κ3) is 3.23. The summed E-state index contributed by atoms with van der Waals surface area (Å²) >= 11 is 5.85. The minimum absolute atomic E-state index is 0.0307. The Morgan fingerprint density at radius 3 is 2.74 bits per heavy atom. The van der Waals surface area contributed by atoms with Crippen molar-refractivity contribution in [1.29, 1.82) is 0 Å². The monoisotopic (exact) mass is 277 g/mol. The molecule has 0 aliphatic heterocycles. The Balaban J connectivity index is 2.20. The molecule has 1 aromatic heterocycles. The molecular weight excluding hydrogens is 266 g/mol. The van der Waals surface area contributed by atoms with Crippen molar-refractivity contribution in [3.63, 3.8) is 0 Å². The first-order valence-corrected chi connectivity index (χ1v) is 6.03. The molecule has 0 atom stereocenters. The van der Waals surface area contributed by atoms with E-state index in [1.54, 1.807) is 12.1 Å². The smallest absolute Gasteiger partial charge is 0.341 e. The SMILES string of the molecule is Cc1cccc(COc2cccc(Cl)c2C(=O)O)n1. The summed E-state index contributed by atoms with van der Waals surface area (Å²) in [5.41, 5.74) is 1.58. The molecule has 0 unspecified atom stereocenters. The van der Waals surface area contributed by atoms with Gasteiger partial charge in [-0.1, -0.05) is 23.7 Å². The molecule has 0 aliphatic carbocycles. The second kappa shape index (κ2) is 5.71. The molecule has 2 rings (SSSR count). The number of hydrogen-bond donors (Lipinski definition) is 1. The van der Waals surface area contributed by atoms with E-state index in [1.165, 1.54) is 6.07 Å². The summed E-state index contributed by atoms with van der Waals surface area (Å²) in [6, 6.07) is 10.3. The van der Waals surface area contributed by atoms with Crippen molar-refractivity contribution in [2.24, 2.45) is 0 Å². The van der Waals surface area contributed by atoms with Gasteiger partial charge in [0, 0.05) is 5.69 Å². The molecule has 0 spiro atoms. The molecule has 2 aromatic rings. The Morgan fingerprint density at radius 2 is 2.05 bits per heavy atom. The van der Waals surface area contributed by atoms with Gasteiger partial charge in [0.2, 0.25) is 0 Å². The Morgan fingerprint density at radius 1 is 1.32 bits per heavy atom. The van der Waals surface area contributed by atoms with Crippen LogP contribution in [0.5, 0.6) is 5.75 Å². The lowest BCUT2D eigenvalue weighted by Gasteiger charge is -2.10. The van der Waals surface area contributed by atoms with E-state index in [1.807, 2.05) is 25.1 Å². The Kier molecular flexibility index (Phi) is 4.02. The number of carbonyl (C=O) groups is 1. The summed E-state index contributed by atoms with van der Waals surface area (Å²) in [5, 5.41) is 9.26. The average Bonchev–Trinajstić information content (AvgIpc) is 2.36. The topological polar surface area (TPSA) is 59.4 Å². The molecule has 0 amide bonds. The number of hydrogen-bond acceptors (Lipinski definition) is 3. The number of halogens is 1. The van der Waals surface area contributed by atoms with Gasteiger partial charge in [-0.25, -0.2) is 4.79 Å². The number of aromatic nitrogens is 1. The predicted molar refractivity (Wildman–Crippen MR) is 71.7 cm³/mol. The van der Waals surface area contributed by atoms with Crippen LogP contribution in [-0.2, 0) is 6.61 Å². The summed E-state index contributed by atoms with van der Waals surface area (Å²) in [7, 11) is 0. The van der Waals surface area contributed by atoms with E-state index in [9.17, 15) is 4.79 Å². The molecule has 98 valence electrons. The zero-order valence-electron chi connectivity index (χ0n) is 10.3. The normalized spacial score (nSPS) is 10.2. The molecule has 4 nitrogen and oxygen atoms in total. The fourth-order valence-corrected chi connectivity index (χ4v) is 1.91. The van der Waals surface area contributed by atoms with Gasteiger partial charge in [0.25, 0.3) is 0 Å². The van der Waals surface area contributed by atoms with Crippen molar-refractivity contribution in [3.05, 3.63) is 58.4 Å². The van der Waals surface area contributed by atoms with Gasteiger partial charge in [0.15, 0.2) is 0 Å². The van der Waals surface area contributed by atoms with Crippen LogP contribution in [0.2, 0.25) is 5.02 Å². The Labute approximate surface area is 115 Å². The van der Waals surface area contributed by atoms with Gasteiger partial charge >= 0.3 is 5.97 Å². The molecule has 1 heterocycles. The maximum absolute atomic E-state index is 11.1. The molecule has 5 heteroatoms. The summed E-state index contributed by atoms with van der Waals surface area (Å²) in [6.07, 6.45) is 0. The van der Waals surface area contributed by atoms with E-state index in [-0.39, 0.29) is 22.9 Å². The molecule has 1 aromatic carbocycles. The lowest BCUT2D eigenvalue weighted by molar-refractivity contribution is 0.0692. The van der Waals surface area contributed by atoms with Crippen molar-refractivity contribution in [2.75, 3.05) is 0 Å². The Bertz CT molecular complexity index is 613. The van der Waals surface area contributed by atoms with Gasteiger partial charge in [0.05, 0.1) is 10.7 Å². The first-order valence-electron chi connectivity index (χ1n) is 5.65. The molecule has 0 saturated heterocycles. The fraction of sp³-hybridized carbons (Fsp3) is 0.143. The highest BCUT2D eigenvalue weighted by atomic mass is 35.5. The zero-order valence-corrected chi connectivity index (χ0v) is 11.0. The third-order valence-corrected chi connectivity index (χ3v) is 2.83. The fourth-order valence-electron chi connectivity index (χ4n) is 1.66. The number of benzene rings is 1. The maximum atomic E-state index is 11.1. The summed E-state index contributed by atoms with van der Waals surface area (Å²) in [5.74, 6) is -0.874. The minimum atomic E-state index is -1.11. The Hall–Kier alpha value is -2.07. The number of carboxylic acid groups (broad SMARTS) is 1. The van der Waals surface area contributed by atoms with Crippen molar-refractivity contribution in [3.8, 4) is 5.75 Å². The van der Waals surface area contributed by atoms with Gasteiger partial charge < -0.3 is 9.84 Å². The van der Waals surface area contributed by atoms with Crippen molar-refractivity contribution in [1.82, 2.24) is 4.98 Å². The highest BCUT2D eigenvalue weighted by Gasteiger charge is 2.15. The van der Waals surface area contributed by atoms with Crippen LogP contribution in [-0.4, -0.2) is 16.1 Å². The first-order chi connectivity index (χ1) is 9.08. The number of carboxylic acids is 1. The molecule has 19 heavy (non-hydrogen) atoms. The number of nitrogens with zero attached hydrogens (tertiary/aromatic N) is 1. The molecule has 1 N–H and O–H groups in total. The highest BCUT2D eigenvalue weighted by molar-refractivity contribution is 6.33. The van der Waals surface area contributed by atoms with E-state index in [4.69, 9.17) is 21.4 Å². The second-order valence-corrected chi connectivity index (χ2v) is 4.38. The van der Waals surface area contributed by atoms with Gasteiger partial charge in [-0.3, -0.25) is 4.98 Å². The van der Waals surface area contributed by atoms with Crippen LogP contribution in [0.25, 0.3) is 0 Å². The largest absolute Gasteiger partial charge is 0.486 e. The summed E-state index contributed by atoms with van der Waals surface area (Å²) in [6.45, 7) is 2.08. The summed E-state index contributed by atoms with van der Waals surface area (Å²) in [4.78, 5) is 15.4. The maximum Gasteiger partial charge on any atom is 0.341 e. The lowest BCUT2D eigenvalue weighted by Crippen LogP contribution is -2.05. The van der Waals surface area contributed by atoms with Gasteiger partial charge in [-0.2, -0.15) is 0 Å². The molecule has 0 fully saturated rings. The number of ether oxygens (including phenoxy) is 1. The molecule has 0 radical (unpaired) electrons. The van der Waals surface area contributed by atoms with Gasteiger partial charge in [0.1, 0.15) is 17.9 Å². The van der Waals surface area contributed by atoms with E-state index in [0.29, 0.717) is 0 Å². The van der Waals surface area contributed by atoms with Crippen LogP contribution in [0.15, 0.2) is 36.4 Å². The predicted octanol–water partition coefficient (Wildman–Crippen LogP) is 3.32. The van der Waals surface area contributed by atoms with Crippen LogP contribution < -0.4 is 4.74 Å². The minimum Gasteiger partial charge on any atom is -0.486 e. The van der Waals surface area contributed by atoms with Crippen LogP contribution in [0.1, 0.15) is 21.7 Å². The van der Waals surface area contributed by atoms with Crippen LogP contribution in [0.3, 0.4) is 0 Å². The molecule has 0 aliphatic rings. The second-order valence-electron chi connectivity index (χ2n) is 3.98. The van der Waals surface area contributed by atoms with Crippen molar-refractivity contribution in [2.45, 2.75) is 13.5 Å². The van der Waals surface area contributed by atoms with Gasteiger partial charge in [-0.05, 0) is 31.2 Å². The molecule has 0 bridgehead atoms. The third-order valence-electron chi connectivity index (χ3n) is 2.51. The van der Waals surface area contributed by atoms with E-state index < -0.39 is 5.97 Å². The van der Waals surface area contributed by atoms with Crippen LogP contribution in [0, 0.1) is 6.92 Å².